The van der Waals surface area contributed by atoms with E-state index >= 15 is 0 Å². The van der Waals surface area contributed by atoms with E-state index in [0.29, 0.717) is 18.0 Å². The molecule has 2 aromatic carbocycles. The summed E-state index contributed by atoms with van der Waals surface area (Å²) in [5.74, 6) is -0.851. The van der Waals surface area contributed by atoms with Gasteiger partial charge in [0.15, 0.2) is 0 Å². The highest BCUT2D eigenvalue weighted by Gasteiger charge is 2.27. The van der Waals surface area contributed by atoms with Crippen molar-refractivity contribution in [1.82, 2.24) is 10.2 Å². The number of hydrogen-bond acceptors (Lipinski definition) is 5. The molecule has 0 saturated carbocycles. The number of fused-ring (bicyclic) bond motifs is 1. The van der Waals surface area contributed by atoms with Crippen molar-refractivity contribution >= 4 is 28.8 Å². The van der Waals surface area contributed by atoms with E-state index in [4.69, 9.17) is 4.74 Å². The van der Waals surface area contributed by atoms with Gasteiger partial charge in [-0.1, -0.05) is 36.4 Å². The molecule has 7 heteroatoms. The van der Waals surface area contributed by atoms with Gasteiger partial charge in [-0.15, -0.1) is 11.3 Å². The summed E-state index contributed by atoms with van der Waals surface area (Å²) in [7, 11) is 1.53. The van der Waals surface area contributed by atoms with Gasteiger partial charge >= 0.3 is 11.8 Å². The topological polar surface area (TPSA) is 70.7 Å². The zero-order chi connectivity index (χ0) is 22.5. The number of aryl methyl sites for hydroxylation is 1. The molecule has 4 rings (SSSR count). The molecule has 2 N–H and O–H groups in total. The Bertz CT molecular complexity index is 1100. The van der Waals surface area contributed by atoms with Crippen molar-refractivity contribution < 1.29 is 14.3 Å². The van der Waals surface area contributed by atoms with Gasteiger partial charge < -0.3 is 15.4 Å². The van der Waals surface area contributed by atoms with Crippen molar-refractivity contribution in [3.05, 3.63) is 81.5 Å². The second-order valence-corrected chi connectivity index (χ2v) is 8.87. The zero-order valence-corrected chi connectivity index (χ0v) is 19.1. The lowest BCUT2D eigenvalue weighted by molar-refractivity contribution is -0.136. The number of benzene rings is 2. The fourth-order valence-electron chi connectivity index (χ4n) is 4.04. The van der Waals surface area contributed by atoms with E-state index in [9.17, 15) is 9.59 Å². The second-order valence-electron chi connectivity index (χ2n) is 7.89. The number of carbonyl (C=O) groups excluding carboxylic acids is 2. The van der Waals surface area contributed by atoms with E-state index in [-0.39, 0.29) is 6.04 Å². The Balaban J connectivity index is 1.43. The quantitative estimate of drug-likeness (QED) is 0.560. The molecule has 32 heavy (non-hydrogen) atoms. The lowest BCUT2D eigenvalue weighted by atomic mass is 9.98. The maximum atomic E-state index is 12.6. The van der Waals surface area contributed by atoms with E-state index in [2.05, 4.69) is 45.9 Å². The number of amides is 2. The maximum absolute atomic E-state index is 12.6. The molecule has 1 aliphatic rings. The third kappa shape index (κ3) is 5.00. The predicted octanol–water partition coefficient (Wildman–Crippen LogP) is 3.92. The van der Waals surface area contributed by atoms with Gasteiger partial charge in [0.25, 0.3) is 0 Å². The molecule has 2 heterocycles. The predicted molar refractivity (Wildman–Crippen MR) is 127 cm³/mol. The molecular weight excluding hydrogens is 422 g/mol. The van der Waals surface area contributed by atoms with Crippen LogP contribution in [0, 0.1) is 6.92 Å². The van der Waals surface area contributed by atoms with Crippen LogP contribution >= 0.6 is 11.3 Å². The van der Waals surface area contributed by atoms with Crippen molar-refractivity contribution in [3.63, 3.8) is 0 Å². The molecule has 2 amide bonds. The van der Waals surface area contributed by atoms with Gasteiger partial charge in [-0.3, -0.25) is 14.5 Å². The van der Waals surface area contributed by atoms with Crippen LogP contribution in [0.25, 0.3) is 0 Å². The van der Waals surface area contributed by atoms with Gasteiger partial charge in [-0.25, -0.2) is 0 Å². The molecule has 0 fully saturated rings. The lowest BCUT2D eigenvalue weighted by Gasteiger charge is -2.35. The van der Waals surface area contributed by atoms with E-state index in [1.807, 2.05) is 24.4 Å². The normalized spacial score (nSPS) is 14.3. The molecule has 0 bridgehead atoms. The summed E-state index contributed by atoms with van der Waals surface area (Å²) in [6.07, 6.45) is 0.972. The molecule has 0 unspecified atom stereocenters. The van der Waals surface area contributed by atoms with Gasteiger partial charge in [0.1, 0.15) is 5.75 Å². The fraction of sp³-hybridized carbons (Fsp3) is 0.280. The molecule has 1 atom stereocenters. The number of methoxy groups -OCH3 is 1. The van der Waals surface area contributed by atoms with Crippen LogP contribution < -0.4 is 15.4 Å². The van der Waals surface area contributed by atoms with Crippen LogP contribution in [0.15, 0.2) is 60.0 Å². The minimum Gasteiger partial charge on any atom is -0.495 e. The Morgan fingerprint density at radius 1 is 1.09 bits per heavy atom. The monoisotopic (exact) mass is 449 g/mol. The number of hydrogen-bond donors (Lipinski definition) is 2. The van der Waals surface area contributed by atoms with Crippen molar-refractivity contribution in [1.29, 1.82) is 0 Å². The van der Waals surface area contributed by atoms with Gasteiger partial charge in [0.2, 0.25) is 0 Å². The molecular formula is C25H27N3O3S. The summed E-state index contributed by atoms with van der Waals surface area (Å²) in [6.45, 7) is 4.00. The Labute approximate surface area is 192 Å². The molecule has 0 spiro atoms. The summed E-state index contributed by atoms with van der Waals surface area (Å²) in [5.41, 5.74) is 4.14. The van der Waals surface area contributed by atoms with Gasteiger partial charge in [-0.2, -0.15) is 0 Å². The van der Waals surface area contributed by atoms with Crippen LogP contribution in [0.2, 0.25) is 0 Å². The lowest BCUT2D eigenvalue weighted by Crippen LogP contribution is -2.43. The van der Waals surface area contributed by atoms with Crippen LogP contribution in [-0.4, -0.2) is 36.9 Å². The molecule has 1 aromatic heterocycles. The van der Waals surface area contributed by atoms with Crippen molar-refractivity contribution in [2.75, 3.05) is 25.5 Å². The SMILES string of the molecule is COc1ccc(C)cc1NC(=O)C(=O)NC[C@H](c1cccs1)N1CCc2ccccc2C1. The number of nitrogens with zero attached hydrogens (tertiary/aromatic N) is 1. The third-order valence-electron chi connectivity index (χ3n) is 5.74. The van der Waals surface area contributed by atoms with Crippen LogP contribution in [0.1, 0.15) is 27.6 Å². The number of anilines is 1. The zero-order valence-electron chi connectivity index (χ0n) is 18.3. The van der Waals surface area contributed by atoms with Gasteiger partial charge in [-0.05, 0) is 53.6 Å². The highest BCUT2D eigenvalue weighted by atomic mass is 32.1. The maximum Gasteiger partial charge on any atom is 0.313 e. The van der Waals surface area contributed by atoms with Crippen LogP contribution in [0.3, 0.4) is 0 Å². The highest BCUT2D eigenvalue weighted by molar-refractivity contribution is 7.10. The van der Waals surface area contributed by atoms with Crippen LogP contribution in [0.4, 0.5) is 5.69 Å². The Hall–Kier alpha value is -3.16. The summed E-state index contributed by atoms with van der Waals surface area (Å²) < 4.78 is 5.28. The highest BCUT2D eigenvalue weighted by Crippen LogP contribution is 2.30. The smallest absolute Gasteiger partial charge is 0.313 e. The van der Waals surface area contributed by atoms with Gasteiger partial charge in [0, 0.05) is 24.5 Å². The average molecular weight is 450 g/mol. The summed E-state index contributed by atoms with van der Waals surface area (Å²) >= 11 is 1.67. The molecule has 0 radical (unpaired) electrons. The van der Waals surface area contributed by atoms with Crippen LogP contribution in [0.5, 0.6) is 5.75 Å². The molecule has 3 aromatic rings. The number of thiophene rings is 1. The minimum atomic E-state index is -0.706. The summed E-state index contributed by atoms with van der Waals surface area (Å²) in [6, 6.07) is 18.0. The average Bonchev–Trinajstić information content (AvgIpc) is 3.33. The molecule has 166 valence electrons. The van der Waals surface area contributed by atoms with E-state index in [1.165, 1.54) is 23.1 Å². The number of ether oxygens (including phenoxy) is 1. The van der Waals surface area contributed by atoms with Crippen molar-refractivity contribution in [2.24, 2.45) is 0 Å². The molecule has 6 nitrogen and oxygen atoms in total. The summed E-state index contributed by atoms with van der Waals surface area (Å²) in [5, 5.41) is 7.54. The minimum absolute atomic E-state index is 0.00797. The van der Waals surface area contributed by atoms with E-state index in [0.717, 1.165) is 25.1 Å². The molecule has 0 saturated heterocycles. The summed E-state index contributed by atoms with van der Waals surface area (Å²) in [4.78, 5) is 28.7. The largest absolute Gasteiger partial charge is 0.495 e. The third-order valence-corrected chi connectivity index (χ3v) is 6.71. The number of carbonyl (C=O) groups is 2. The van der Waals surface area contributed by atoms with Crippen LogP contribution in [-0.2, 0) is 22.6 Å². The first-order valence-corrected chi connectivity index (χ1v) is 11.5. The van der Waals surface area contributed by atoms with E-state index < -0.39 is 11.8 Å². The fourth-order valence-corrected chi connectivity index (χ4v) is 4.90. The second kappa shape index (κ2) is 9.97. The van der Waals surface area contributed by atoms with E-state index in [1.54, 1.807) is 23.5 Å². The first-order valence-electron chi connectivity index (χ1n) is 10.6. The van der Waals surface area contributed by atoms with Gasteiger partial charge in [0.05, 0.1) is 18.8 Å². The van der Waals surface area contributed by atoms with Crippen molar-refractivity contribution in [2.45, 2.75) is 25.9 Å². The molecule has 0 aliphatic carbocycles. The standard InChI is InChI=1S/C25H27N3O3S/c1-17-9-10-22(31-2)20(14-17)27-25(30)24(29)26-15-21(23-8-5-13-32-23)28-12-11-18-6-3-4-7-19(18)16-28/h3-10,13-14,21H,11-12,15-16H2,1-2H3,(H,26,29)(H,27,30)/t21-/m1/s1. The Kier molecular flexibility index (Phi) is 6.87. The Morgan fingerprint density at radius 3 is 2.66 bits per heavy atom. The molecule has 1 aliphatic heterocycles. The Morgan fingerprint density at radius 2 is 1.91 bits per heavy atom. The number of nitrogens with one attached hydrogen (secondary N) is 2. The number of rotatable bonds is 6. The van der Waals surface area contributed by atoms with Crippen molar-refractivity contribution in [3.8, 4) is 5.75 Å². The first-order chi connectivity index (χ1) is 15.5. The first kappa shape index (κ1) is 22.0.